The molecule has 2 fully saturated rings. The standard InChI is InChI=1S/C16H20ClNO4/c17-14-8-13(21-9-11-2-1-5-20-11)12-3-6-22-16(15(12)18-14)4-7-19-10-16/h8,11H,1-7,9-10H2/t11-,16?/m1/s1. The van der Waals surface area contributed by atoms with Gasteiger partial charge in [-0.25, -0.2) is 4.98 Å². The van der Waals surface area contributed by atoms with Crippen molar-refractivity contribution in [1.82, 2.24) is 4.98 Å². The second kappa shape index (κ2) is 5.96. The highest BCUT2D eigenvalue weighted by molar-refractivity contribution is 6.29. The van der Waals surface area contributed by atoms with E-state index in [0.717, 1.165) is 49.3 Å². The van der Waals surface area contributed by atoms with E-state index in [1.54, 1.807) is 0 Å². The van der Waals surface area contributed by atoms with Crippen LogP contribution in [0.15, 0.2) is 6.07 Å². The van der Waals surface area contributed by atoms with Crippen molar-refractivity contribution in [2.24, 2.45) is 0 Å². The SMILES string of the molecule is Clc1cc(OC[C@H]2CCCO2)c2c(n1)C1(CCOC1)OCC2. The van der Waals surface area contributed by atoms with Crippen LogP contribution >= 0.6 is 11.6 Å². The molecule has 5 nitrogen and oxygen atoms in total. The number of hydrogen-bond donors (Lipinski definition) is 0. The summed E-state index contributed by atoms with van der Waals surface area (Å²) in [4.78, 5) is 4.54. The van der Waals surface area contributed by atoms with Crippen LogP contribution in [0, 0.1) is 0 Å². The van der Waals surface area contributed by atoms with Gasteiger partial charge in [-0.3, -0.25) is 0 Å². The van der Waals surface area contributed by atoms with Gasteiger partial charge in [0.2, 0.25) is 0 Å². The summed E-state index contributed by atoms with van der Waals surface area (Å²) in [6, 6.07) is 1.81. The molecule has 4 heterocycles. The minimum absolute atomic E-state index is 0.186. The van der Waals surface area contributed by atoms with Gasteiger partial charge in [0.05, 0.1) is 25.0 Å². The average molecular weight is 326 g/mol. The van der Waals surface area contributed by atoms with Gasteiger partial charge in [-0.1, -0.05) is 11.6 Å². The number of pyridine rings is 1. The van der Waals surface area contributed by atoms with Gasteiger partial charge in [0.25, 0.3) is 0 Å². The third-order valence-electron chi connectivity index (χ3n) is 4.65. The molecule has 3 aliphatic heterocycles. The Labute approximate surface area is 134 Å². The number of fused-ring (bicyclic) bond motifs is 2. The molecule has 2 saturated heterocycles. The number of rotatable bonds is 3. The van der Waals surface area contributed by atoms with Crippen LogP contribution in [-0.4, -0.2) is 44.1 Å². The molecule has 0 saturated carbocycles. The Kier molecular flexibility index (Phi) is 3.98. The first-order valence-electron chi connectivity index (χ1n) is 7.93. The Balaban J connectivity index is 1.63. The Bertz CT molecular complexity index is 553. The van der Waals surface area contributed by atoms with Crippen molar-refractivity contribution in [3.63, 3.8) is 0 Å². The fourth-order valence-electron chi connectivity index (χ4n) is 3.49. The first kappa shape index (κ1) is 14.7. The number of hydrogen-bond acceptors (Lipinski definition) is 5. The molecule has 2 atom stereocenters. The Morgan fingerprint density at radius 2 is 2.32 bits per heavy atom. The van der Waals surface area contributed by atoms with Crippen LogP contribution in [0.5, 0.6) is 5.75 Å². The zero-order valence-electron chi connectivity index (χ0n) is 12.5. The van der Waals surface area contributed by atoms with E-state index in [4.69, 9.17) is 30.5 Å². The number of ether oxygens (including phenoxy) is 4. The zero-order valence-corrected chi connectivity index (χ0v) is 13.2. The Morgan fingerprint density at radius 3 is 3.09 bits per heavy atom. The lowest BCUT2D eigenvalue weighted by atomic mass is 9.90. The Hall–Kier alpha value is -0.880. The highest BCUT2D eigenvalue weighted by Crippen LogP contribution is 2.42. The molecule has 0 aliphatic carbocycles. The monoisotopic (exact) mass is 325 g/mol. The molecule has 1 unspecified atom stereocenters. The van der Waals surface area contributed by atoms with E-state index >= 15 is 0 Å². The van der Waals surface area contributed by atoms with E-state index in [9.17, 15) is 0 Å². The summed E-state index contributed by atoms with van der Waals surface area (Å²) in [6.45, 7) is 3.29. The predicted molar refractivity (Wildman–Crippen MR) is 80.5 cm³/mol. The quantitative estimate of drug-likeness (QED) is 0.799. The van der Waals surface area contributed by atoms with Gasteiger partial charge in [0, 0.05) is 37.7 Å². The number of nitrogens with zero attached hydrogens (tertiary/aromatic N) is 1. The third kappa shape index (κ3) is 2.60. The molecule has 0 amide bonds. The highest BCUT2D eigenvalue weighted by atomic mass is 35.5. The van der Waals surface area contributed by atoms with E-state index in [1.807, 2.05) is 6.07 Å². The van der Waals surface area contributed by atoms with Crippen molar-refractivity contribution in [2.75, 3.05) is 33.0 Å². The lowest BCUT2D eigenvalue weighted by Gasteiger charge is -2.34. The Morgan fingerprint density at radius 1 is 1.36 bits per heavy atom. The fraction of sp³-hybridized carbons (Fsp3) is 0.688. The zero-order chi connectivity index (χ0) is 15.0. The molecular weight excluding hydrogens is 306 g/mol. The first-order valence-corrected chi connectivity index (χ1v) is 8.31. The molecule has 1 spiro atoms. The average Bonchev–Trinajstić information content (AvgIpc) is 3.18. The van der Waals surface area contributed by atoms with E-state index in [1.165, 1.54) is 0 Å². The van der Waals surface area contributed by atoms with Crippen LogP contribution in [0.1, 0.15) is 30.5 Å². The smallest absolute Gasteiger partial charge is 0.136 e. The molecule has 1 aromatic heterocycles. The fourth-order valence-corrected chi connectivity index (χ4v) is 3.67. The van der Waals surface area contributed by atoms with Crippen molar-refractivity contribution in [1.29, 1.82) is 0 Å². The molecule has 0 bridgehead atoms. The van der Waals surface area contributed by atoms with Gasteiger partial charge in [-0.15, -0.1) is 0 Å². The number of aromatic nitrogens is 1. The third-order valence-corrected chi connectivity index (χ3v) is 4.84. The summed E-state index contributed by atoms with van der Waals surface area (Å²) >= 11 is 6.22. The van der Waals surface area contributed by atoms with Crippen molar-refractivity contribution >= 4 is 11.6 Å². The van der Waals surface area contributed by atoms with Crippen LogP contribution in [0.25, 0.3) is 0 Å². The van der Waals surface area contributed by atoms with Crippen LogP contribution in [0.4, 0.5) is 0 Å². The second-order valence-electron chi connectivity index (χ2n) is 6.11. The van der Waals surface area contributed by atoms with Crippen LogP contribution in [0.3, 0.4) is 0 Å². The molecule has 22 heavy (non-hydrogen) atoms. The summed E-state index contributed by atoms with van der Waals surface area (Å²) in [5.41, 5.74) is 1.56. The number of halogens is 1. The molecule has 0 aromatic carbocycles. The normalized spacial score (nSPS) is 30.7. The summed E-state index contributed by atoms with van der Waals surface area (Å²) in [5, 5.41) is 0.442. The molecule has 4 rings (SSSR count). The maximum absolute atomic E-state index is 6.22. The maximum Gasteiger partial charge on any atom is 0.136 e. The highest BCUT2D eigenvalue weighted by Gasteiger charge is 2.44. The van der Waals surface area contributed by atoms with Gasteiger partial charge in [0.1, 0.15) is 23.1 Å². The lowest BCUT2D eigenvalue weighted by molar-refractivity contribution is -0.0671. The molecule has 6 heteroatoms. The summed E-state index contributed by atoms with van der Waals surface area (Å²) < 4.78 is 23.2. The van der Waals surface area contributed by atoms with Crippen LogP contribution in [0.2, 0.25) is 5.15 Å². The van der Waals surface area contributed by atoms with Gasteiger partial charge >= 0.3 is 0 Å². The molecule has 0 N–H and O–H groups in total. The molecule has 3 aliphatic rings. The summed E-state index contributed by atoms with van der Waals surface area (Å²) in [5.74, 6) is 0.820. The van der Waals surface area contributed by atoms with Gasteiger partial charge in [0.15, 0.2) is 0 Å². The molecular formula is C16H20ClNO4. The van der Waals surface area contributed by atoms with E-state index in [-0.39, 0.29) is 6.10 Å². The van der Waals surface area contributed by atoms with Gasteiger partial charge in [-0.05, 0) is 12.8 Å². The van der Waals surface area contributed by atoms with Crippen molar-refractivity contribution < 1.29 is 18.9 Å². The first-order chi connectivity index (χ1) is 10.8. The van der Waals surface area contributed by atoms with Crippen molar-refractivity contribution in [3.8, 4) is 5.75 Å². The van der Waals surface area contributed by atoms with Gasteiger partial charge < -0.3 is 18.9 Å². The predicted octanol–water partition coefficient (Wildman–Crippen LogP) is 2.48. The van der Waals surface area contributed by atoms with E-state index in [0.29, 0.717) is 31.6 Å². The summed E-state index contributed by atoms with van der Waals surface area (Å²) in [6.07, 6.45) is 3.96. The van der Waals surface area contributed by atoms with E-state index in [2.05, 4.69) is 4.98 Å². The minimum atomic E-state index is -0.444. The second-order valence-corrected chi connectivity index (χ2v) is 6.50. The minimum Gasteiger partial charge on any atom is -0.490 e. The molecule has 0 radical (unpaired) electrons. The maximum atomic E-state index is 6.22. The van der Waals surface area contributed by atoms with Gasteiger partial charge in [-0.2, -0.15) is 0 Å². The van der Waals surface area contributed by atoms with E-state index < -0.39 is 5.60 Å². The largest absolute Gasteiger partial charge is 0.490 e. The van der Waals surface area contributed by atoms with Crippen molar-refractivity contribution in [2.45, 2.75) is 37.4 Å². The van der Waals surface area contributed by atoms with Crippen LogP contribution in [-0.2, 0) is 26.2 Å². The topological polar surface area (TPSA) is 49.8 Å². The molecule has 1 aromatic rings. The molecule has 120 valence electrons. The summed E-state index contributed by atoms with van der Waals surface area (Å²) in [7, 11) is 0. The lowest BCUT2D eigenvalue weighted by Crippen LogP contribution is -2.37. The van der Waals surface area contributed by atoms with Crippen LogP contribution < -0.4 is 4.74 Å². The van der Waals surface area contributed by atoms with Crippen molar-refractivity contribution in [3.05, 3.63) is 22.5 Å².